The predicted octanol–water partition coefficient (Wildman–Crippen LogP) is 2.15. The molecular weight excluding hydrogens is 176 g/mol. The van der Waals surface area contributed by atoms with Gasteiger partial charge in [0.15, 0.2) is 0 Å². The third-order valence-corrected chi connectivity index (χ3v) is 2.53. The maximum atomic E-state index is 5.70. The van der Waals surface area contributed by atoms with Crippen molar-refractivity contribution in [3.05, 3.63) is 41.4 Å². The largest absolute Gasteiger partial charge is 0.445 e. The van der Waals surface area contributed by atoms with Gasteiger partial charge >= 0.3 is 0 Å². The number of furan rings is 1. The summed E-state index contributed by atoms with van der Waals surface area (Å²) in [5.74, 6) is 1.78. The van der Waals surface area contributed by atoms with E-state index in [1.54, 1.807) is 0 Å². The third kappa shape index (κ3) is 1.26. The van der Waals surface area contributed by atoms with E-state index in [1.807, 2.05) is 42.9 Å². The molecule has 0 saturated carbocycles. The van der Waals surface area contributed by atoms with Crippen molar-refractivity contribution in [1.29, 1.82) is 0 Å². The molecule has 0 fully saturated rings. The van der Waals surface area contributed by atoms with Crippen molar-refractivity contribution in [2.75, 3.05) is 0 Å². The second kappa shape index (κ2) is 3.35. The normalized spacial score (nSPS) is 10.8. The van der Waals surface area contributed by atoms with Crippen LogP contribution in [-0.2, 0) is 6.54 Å². The average molecular weight is 190 g/mol. The van der Waals surface area contributed by atoms with Crippen molar-refractivity contribution in [3.8, 4) is 5.88 Å². The van der Waals surface area contributed by atoms with Crippen molar-refractivity contribution in [3.63, 3.8) is 0 Å². The van der Waals surface area contributed by atoms with E-state index < -0.39 is 0 Å². The van der Waals surface area contributed by atoms with Gasteiger partial charge in [0.25, 0.3) is 0 Å². The molecule has 0 radical (unpaired) electrons. The number of aromatic nitrogens is 1. The maximum absolute atomic E-state index is 5.70. The van der Waals surface area contributed by atoms with Gasteiger partial charge in [0.2, 0.25) is 5.88 Å². The Morgan fingerprint density at radius 3 is 2.50 bits per heavy atom. The monoisotopic (exact) mass is 190 g/mol. The van der Waals surface area contributed by atoms with Gasteiger partial charge in [-0.1, -0.05) is 0 Å². The summed E-state index contributed by atoms with van der Waals surface area (Å²) in [6.07, 6.45) is 3.91. The highest BCUT2D eigenvalue weighted by molar-refractivity contribution is 5.41. The first-order valence-corrected chi connectivity index (χ1v) is 4.66. The highest BCUT2D eigenvalue weighted by Crippen LogP contribution is 2.24. The molecule has 0 spiro atoms. The Hall–Kier alpha value is -1.48. The van der Waals surface area contributed by atoms with E-state index in [0.717, 1.165) is 22.8 Å². The number of rotatable bonds is 2. The van der Waals surface area contributed by atoms with E-state index in [-0.39, 0.29) is 0 Å². The Kier molecular flexibility index (Phi) is 2.17. The lowest BCUT2D eigenvalue weighted by atomic mass is 10.1. The zero-order valence-corrected chi connectivity index (χ0v) is 8.45. The van der Waals surface area contributed by atoms with Crippen LogP contribution in [0, 0.1) is 13.8 Å². The summed E-state index contributed by atoms with van der Waals surface area (Å²) in [4.78, 5) is 0. The maximum Gasteiger partial charge on any atom is 0.208 e. The van der Waals surface area contributed by atoms with E-state index in [2.05, 4.69) is 0 Å². The minimum Gasteiger partial charge on any atom is -0.445 e. The summed E-state index contributed by atoms with van der Waals surface area (Å²) in [6, 6.07) is 3.93. The van der Waals surface area contributed by atoms with Crippen LogP contribution in [0.5, 0.6) is 0 Å². The number of hydrogen-bond acceptors (Lipinski definition) is 2. The van der Waals surface area contributed by atoms with Crippen LogP contribution in [0.2, 0.25) is 0 Å². The molecule has 0 unspecified atom stereocenters. The molecular formula is C11H14N2O. The molecule has 14 heavy (non-hydrogen) atoms. The van der Waals surface area contributed by atoms with E-state index in [4.69, 9.17) is 10.2 Å². The van der Waals surface area contributed by atoms with Crippen molar-refractivity contribution in [2.24, 2.45) is 5.73 Å². The fourth-order valence-electron chi connectivity index (χ4n) is 1.57. The van der Waals surface area contributed by atoms with Gasteiger partial charge in [0.05, 0.1) is 0 Å². The zero-order valence-electron chi connectivity index (χ0n) is 8.45. The summed E-state index contributed by atoms with van der Waals surface area (Å²) >= 11 is 0. The molecule has 0 aliphatic rings. The second-order valence-corrected chi connectivity index (χ2v) is 3.36. The molecule has 3 heteroatoms. The minimum absolute atomic E-state index is 0.511. The molecule has 0 amide bonds. The Labute approximate surface area is 83.1 Å². The van der Waals surface area contributed by atoms with Crippen LogP contribution in [0.25, 0.3) is 5.88 Å². The lowest BCUT2D eigenvalue weighted by Gasteiger charge is -2.00. The smallest absolute Gasteiger partial charge is 0.208 e. The van der Waals surface area contributed by atoms with Crippen LogP contribution in [-0.4, -0.2) is 4.57 Å². The lowest BCUT2D eigenvalue weighted by molar-refractivity contribution is 0.506. The van der Waals surface area contributed by atoms with Crippen LogP contribution in [0.1, 0.15) is 16.9 Å². The number of aryl methyl sites for hydroxylation is 1. The summed E-state index contributed by atoms with van der Waals surface area (Å²) in [7, 11) is 0. The van der Waals surface area contributed by atoms with E-state index in [0.29, 0.717) is 6.54 Å². The van der Waals surface area contributed by atoms with Gasteiger partial charge in [-0.2, -0.15) is 0 Å². The molecule has 2 N–H and O–H groups in total. The van der Waals surface area contributed by atoms with Crippen LogP contribution in [0.4, 0.5) is 0 Å². The van der Waals surface area contributed by atoms with Crippen LogP contribution >= 0.6 is 0 Å². The van der Waals surface area contributed by atoms with Gasteiger partial charge < -0.3 is 10.2 Å². The van der Waals surface area contributed by atoms with Crippen LogP contribution < -0.4 is 5.73 Å². The molecule has 0 atom stereocenters. The van der Waals surface area contributed by atoms with Crippen LogP contribution in [0.3, 0.4) is 0 Å². The molecule has 0 aliphatic heterocycles. The summed E-state index contributed by atoms with van der Waals surface area (Å²) in [5.41, 5.74) is 7.93. The molecule has 3 nitrogen and oxygen atoms in total. The average Bonchev–Trinajstić information content (AvgIpc) is 2.76. The lowest BCUT2D eigenvalue weighted by Crippen LogP contribution is -2.01. The molecule has 2 aromatic heterocycles. The van der Waals surface area contributed by atoms with Crippen molar-refractivity contribution in [1.82, 2.24) is 4.57 Å². The second-order valence-electron chi connectivity index (χ2n) is 3.36. The molecule has 0 saturated heterocycles. The van der Waals surface area contributed by atoms with Gasteiger partial charge in [0.1, 0.15) is 5.76 Å². The minimum atomic E-state index is 0.511. The summed E-state index contributed by atoms with van der Waals surface area (Å²) < 4.78 is 7.61. The van der Waals surface area contributed by atoms with Gasteiger partial charge in [0, 0.05) is 24.5 Å². The van der Waals surface area contributed by atoms with Crippen molar-refractivity contribution in [2.45, 2.75) is 20.4 Å². The summed E-state index contributed by atoms with van der Waals surface area (Å²) in [6.45, 7) is 4.51. The molecule has 0 aromatic carbocycles. The van der Waals surface area contributed by atoms with Crippen LogP contribution in [0.15, 0.2) is 28.9 Å². The van der Waals surface area contributed by atoms with Gasteiger partial charge in [-0.05, 0) is 31.5 Å². The topological polar surface area (TPSA) is 44.1 Å². The fourth-order valence-corrected chi connectivity index (χ4v) is 1.57. The standard InChI is InChI=1S/C11H14N2O/c1-8-9(2)14-11(10(8)7-12)13-5-3-4-6-13/h3-6H,7,12H2,1-2H3. The first-order chi connectivity index (χ1) is 6.74. The third-order valence-electron chi connectivity index (χ3n) is 2.53. The van der Waals surface area contributed by atoms with Crippen molar-refractivity contribution < 1.29 is 4.42 Å². The first-order valence-electron chi connectivity index (χ1n) is 4.66. The molecule has 74 valence electrons. The highest BCUT2D eigenvalue weighted by Gasteiger charge is 2.13. The molecule has 2 heterocycles. The summed E-state index contributed by atoms with van der Waals surface area (Å²) in [5, 5.41) is 0. The Bertz CT molecular complexity index is 426. The van der Waals surface area contributed by atoms with E-state index >= 15 is 0 Å². The zero-order chi connectivity index (χ0) is 10.1. The van der Waals surface area contributed by atoms with Gasteiger partial charge in [-0.15, -0.1) is 0 Å². The number of nitrogens with two attached hydrogens (primary N) is 1. The van der Waals surface area contributed by atoms with Gasteiger partial charge in [-0.3, -0.25) is 4.57 Å². The SMILES string of the molecule is Cc1oc(-n2cccc2)c(CN)c1C. The van der Waals surface area contributed by atoms with E-state index in [1.165, 1.54) is 0 Å². The fraction of sp³-hybridized carbons (Fsp3) is 0.273. The Morgan fingerprint density at radius 1 is 1.29 bits per heavy atom. The molecule has 0 aliphatic carbocycles. The molecule has 2 aromatic rings. The predicted molar refractivity (Wildman–Crippen MR) is 55.4 cm³/mol. The molecule has 0 bridgehead atoms. The quantitative estimate of drug-likeness (QED) is 0.788. The Balaban J connectivity index is 2.59. The number of hydrogen-bond donors (Lipinski definition) is 1. The van der Waals surface area contributed by atoms with Crippen molar-refractivity contribution >= 4 is 0 Å². The Morgan fingerprint density at radius 2 is 1.93 bits per heavy atom. The number of nitrogens with zero attached hydrogens (tertiary/aromatic N) is 1. The first kappa shape index (κ1) is 9.09. The van der Waals surface area contributed by atoms with E-state index in [9.17, 15) is 0 Å². The highest BCUT2D eigenvalue weighted by atomic mass is 16.4. The van der Waals surface area contributed by atoms with Gasteiger partial charge in [-0.25, -0.2) is 0 Å². The molecule has 2 rings (SSSR count).